The van der Waals surface area contributed by atoms with E-state index in [0.29, 0.717) is 13.0 Å². The Bertz CT molecular complexity index is 1110. The molecule has 1 aromatic heterocycles. The zero-order valence-electron chi connectivity index (χ0n) is 19.5. The van der Waals surface area contributed by atoms with Gasteiger partial charge in [0, 0.05) is 17.8 Å². The van der Waals surface area contributed by atoms with Crippen LogP contribution in [0.2, 0.25) is 0 Å². The third-order valence-electron chi connectivity index (χ3n) is 7.16. The second kappa shape index (κ2) is 8.98. The van der Waals surface area contributed by atoms with Gasteiger partial charge in [-0.05, 0) is 64.6 Å². The van der Waals surface area contributed by atoms with Gasteiger partial charge in [-0.15, -0.1) is 0 Å². The molecule has 2 aromatic rings. The summed E-state index contributed by atoms with van der Waals surface area (Å²) < 4.78 is 25.7. The molecule has 1 fully saturated rings. The molecule has 0 unspecified atom stereocenters. The molecule has 8 heteroatoms. The second-order valence-electron chi connectivity index (χ2n) is 9.39. The molecule has 0 spiro atoms. The summed E-state index contributed by atoms with van der Waals surface area (Å²) in [7, 11) is -1.02. The van der Waals surface area contributed by atoms with Crippen LogP contribution < -0.4 is 5.32 Å². The van der Waals surface area contributed by atoms with Gasteiger partial charge >= 0.3 is 0 Å². The summed E-state index contributed by atoms with van der Waals surface area (Å²) in [5.74, 6) is 0.414. The molecular weight excluding hydrogens is 424 g/mol. The fraction of sp³-hybridized carbons (Fsp3) is 0.583. The molecule has 1 saturated heterocycles. The standard InChI is InChI=1S/C24H34N4O3S/c1-16-22(17(2)28(26-16)20-12-13-32(30,31)15-20)14-27(4)18(3)24(29)25-23-11-7-9-19-8-5-6-10-21(19)23/h5-6,8,10,18,20,23H,7,9,11-15H2,1-4H3,(H,25,29)/t18-,20+,23+/m0/s1. The average Bonchev–Trinajstić information content (AvgIpc) is 3.26. The molecule has 7 nitrogen and oxygen atoms in total. The number of hydrogen-bond donors (Lipinski definition) is 1. The highest BCUT2D eigenvalue weighted by Crippen LogP contribution is 2.30. The molecule has 0 saturated carbocycles. The number of nitrogens with one attached hydrogen (secondary N) is 1. The van der Waals surface area contributed by atoms with E-state index in [1.54, 1.807) is 0 Å². The predicted octanol–water partition coefficient (Wildman–Crippen LogP) is 2.87. The Hall–Kier alpha value is -2.19. The van der Waals surface area contributed by atoms with Crippen molar-refractivity contribution in [1.29, 1.82) is 0 Å². The topological polar surface area (TPSA) is 84.3 Å². The van der Waals surface area contributed by atoms with Crippen LogP contribution in [0.1, 0.15) is 66.3 Å². The molecule has 0 radical (unpaired) electrons. The van der Waals surface area contributed by atoms with Gasteiger partial charge in [-0.3, -0.25) is 14.4 Å². The number of rotatable bonds is 6. The highest BCUT2D eigenvalue weighted by atomic mass is 32.2. The lowest BCUT2D eigenvalue weighted by molar-refractivity contribution is -0.126. The van der Waals surface area contributed by atoms with Gasteiger partial charge in [-0.25, -0.2) is 8.42 Å². The molecule has 1 N–H and O–H groups in total. The quantitative estimate of drug-likeness (QED) is 0.720. The van der Waals surface area contributed by atoms with Crippen molar-refractivity contribution in [2.75, 3.05) is 18.6 Å². The third kappa shape index (κ3) is 4.62. The van der Waals surface area contributed by atoms with Crippen LogP contribution in [-0.2, 0) is 27.6 Å². The van der Waals surface area contributed by atoms with Crippen molar-refractivity contribution in [3.63, 3.8) is 0 Å². The van der Waals surface area contributed by atoms with E-state index in [1.165, 1.54) is 11.1 Å². The van der Waals surface area contributed by atoms with Crippen molar-refractivity contribution in [2.24, 2.45) is 0 Å². The first-order valence-electron chi connectivity index (χ1n) is 11.5. The van der Waals surface area contributed by atoms with Crippen LogP contribution in [0.4, 0.5) is 0 Å². The van der Waals surface area contributed by atoms with E-state index in [0.717, 1.165) is 36.2 Å². The van der Waals surface area contributed by atoms with E-state index >= 15 is 0 Å². The summed E-state index contributed by atoms with van der Waals surface area (Å²) in [6.45, 7) is 6.48. The highest BCUT2D eigenvalue weighted by molar-refractivity contribution is 7.91. The number of aryl methyl sites for hydroxylation is 2. The van der Waals surface area contributed by atoms with Gasteiger partial charge < -0.3 is 5.32 Å². The number of nitrogens with zero attached hydrogens (tertiary/aromatic N) is 3. The van der Waals surface area contributed by atoms with Crippen LogP contribution in [0.3, 0.4) is 0 Å². The minimum Gasteiger partial charge on any atom is -0.348 e. The van der Waals surface area contributed by atoms with Gasteiger partial charge in [0.25, 0.3) is 0 Å². The highest BCUT2D eigenvalue weighted by Gasteiger charge is 2.32. The Morgan fingerprint density at radius 1 is 1.28 bits per heavy atom. The third-order valence-corrected chi connectivity index (χ3v) is 8.91. The molecule has 3 atom stereocenters. The van der Waals surface area contributed by atoms with Gasteiger partial charge in [0.15, 0.2) is 9.84 Å². The number of fused-ring (bicyclic) bond motifs is 1. The summed E-state index contributed by atoms with van der Waals surface area (Å²) in [5, 5.41) is 7.92. The summed E-state index contributed by atoms with van der Waals surface area (Å²) in [5.41, 5.74) is 5.52. The number of amides is 1. The van der Waals surface area contributed by atoms with Crippen molar-refractivity contribution in [1.82, 2.24) is 20.0 Å². The monoisotopic (exact) mass is 458 g/mol. The van der Waals surface area contributed by atoms with Crippen LogP contribution in [0.15, 0.2) is 24.3 Å². The molecular formula is C24H34N4O3S. The molecule has 1 aromatic carbocycles. The minimum absolute atomic E-state index is 0.0267. The van der Waals surface area contributed by atoms with Gasteiger partial charge in [0.1, 0.15) is 0 Å². The van der Waals surface area contributed by atoms with Crippen LogP contribution >= 0.6 is 0 Å². The van der Waals surface area contributed by atoms with Gasteiger partial charge in [0.05, 0.1) is 35.3 Å². The fourth-order valence-corrected chi connectivity index (χ4v) is 6.72. The van der Waals surface area contributed by atoms with Crippen molar-refractivity contribution in [3.8, 4) is 0 Å². The largest absolute Gasteiger partial charge is 0.348 e. The van der Waals surface area contributed by atoms with Gasteiger partial charge in [0.2, 0.25) is 5.91 Å². The molecule has 2 aliphatic rings. The summed E-state index contributed by atoms with van der Waals surface area (Å²) in [4.78, 5) is 15.1. The molecule has 1 amide bonds. The van der Waals surface area contributed by atoms with E-state index in [1.807, 2.05) is 43.5 Å². The summed E-state index contributed by atoms with van der Waals surface area (Å²) in [6.07, 6.45) is 3.74. The van der Waals surface area contributed by atoms with E-state index in [4.69, 9.17) is 0 Å². The van der Waals surface area contributed by atoms with Crippen LogP contribution in [0.25, 0.3) is 0 Å². The lowest BCUT2D eigenvalue weighted by Gasteiger charge is -2.30. The number of aromatic nitrogens is 2. The fourth-order valence-electron chi connectivity index (χ4n) is 5.03. The van der Waals surface area contributed by atoms with Crippen LogP contribution in [0.5, 0.6) is 0 Å². The lowest BCUT2D eigenvalue weighted by atomic mass is 9.87. The Labute approximate surface area is 191 Å². The molecule has 2 heterocycles. The Balaban J connectivity index is 1.43. The number of carbonyl (C=O) groups is 1. The molecule has 1 aliphatic heterocycles. The first kappa shape index (κ1) is 23.0. The van der Waals surface area contributed by atoms with Crippen molar-refractivity contribution < 1.29 is 13.2 Å². The number of sulfone groups is 1. The van der Waals surface area contributed by atoms with Gasteiger partial charge in [-0.2, -0.15) is 5.10 Å². The molecule has 4 rings (SSSR count). The minimum atomic E-state index is -2.97. The summed E-state index contributed by atoms with van der Waals surface area (Å²) >= 11 is 0. The first-order valence-corrected chi connectivity index (χ1v) is 13.3. The molecule has 1 aliphatic carbocycles. The zero-order valence-corrected chi connectivity index (χ0v) is 20.3. The number of benzene rings is 1. The number of hydrogen-bond acceptors (Lipinski definition) is 5. The Morgan fingerprint density at radius 3 is 2.75 bits per heavy atom. The van der Waals surface area contributed by atoms with E-state index in [2.05, 4.69) is 28.6 Å². The zero-order chi connectivity index (χ0) is 23.0. The Kier molecular flexibility index (Phi) is 6.45. The summed E-state index contributed by atoms with van der Waals surface area (Å²) in [6, 6.07) is 8.06. The van der Waals surface area contributed by atoms with Crippen molar-refractivity contribution >= 4 is 15.7 Å². The molecule has 174 valence electrons. The normalized spacial score (nSPS) is 23.2. The number of likely N-dealkylation sites (N-methyl/N-ethyl adjacent to an activating group) is 1. The molecule has 0 bridgehead atoms. The van der Waals surface area contributed by atoms with E-state index in [9.17, 15) is 13.2 Å². The average molecular weight is 459 g/mol. The van der Waals surface area contributed by atoms with E-state index in [-0.39, 0.29) is 35.5 Å². The first-order chi connectivity index (χ1) is 15.2. The maximum absolute atomic E-state index is 13.1. The predicted molar refractivity (Wildman–Crippen MR) is 125 cm³/mol. The molecule has 32 heavy (non-hydrogen) atoms. The lowest BCUT2D eigenvalue weighted by Crippen LogP contribution is -2.44. The smallest absolute Gasteiger partial charge is 0.237 e. The SMILES string of the molecule is Cc1nn([C@@H]2CCS(=O)(=O)C2)c(C)c1CN(C)[C@@H](C)C(=O)N[C@@H]1CCCc2ccccc21. The van der Waals surface area contributed by atoms with Crippen LogP contribution in [0, 0.1) is 13.8 Å². The second-order valence-corrected chi connectivity index (χ2v) is 11.6. The van der Waals surface area contributed by atoms with Crippen molar-refractivity contribution in [3.05, 3.63) is 52.3 Å². The van der Waals surface area contributed by atoms with E-state index < -0.39 is 9.84 Å². The maximum Gasteiger partial charge on any atom is 0.237 e. The maximum atomic E-state index is 13.1. The van der Waals surface area contributed by atoms with Gasteiger partial charge in [-0.1, -0.05) is 24.3 Å². The van der Waals surface area contributed by atoms with Crippen molar-refractivity contribution in [2.45, 2.75) is 71.1 Å². The number of carbonyl (C=O) groups excluding carboxylic acids is 1. The Morgan fingerprint density at radius 2 is 2.03 bits per heavy atom. The van der Waals surface area contributed by atoms with Crippen LogP contribution in [-0.4, -0.2) is 53.6 Å².